The van der Waals surface area contributed by atoms with Gasteiger partial charge in [0.1, 0.15) is 11.6 Å². The first-order valence-corrected chi connectivity index (χ1v) is 10.2. The average Bonchev–Trinajstić information content (AvgIpc) is 2.73. The third-order valence-corrected chi connectivity index (χ3v) is 5.33. The zero-order valence-electron chi connectivity index (χ0n) is 16.1. The average molecular weight is 494 g/mol. The zero-order valence-corrected chi connectivity index (χ0v) is 18.3. The van der Waals surface area contributed by atoms with Crippen LogP contribution in [0.2, 0.25) is 0 Å². The van der Waals surface area contributed by atoms with Gasteiger partial charge in [-0.15, -0.1) is 0 Å². The summed E-state index contributed by atoms with van der Waals surface area (Å²) in [6.07, 6.45) is 3.83. The molecule has 0 aliphatic carbocycles. The van der Waals surface area contributed by atoms with Crippen molar-refractivity contribution in [2.24, 2.45) is 0 Å². The van der Waals surface area contributed by atoms with E-state index in [1.54, 1.807) is 11.7 Å². The number of hydrogen-bond acceptors (Lipinski definition) is 3. The third-order valence-electron chi connectivity index (χ3n) is 4.66. The Bertz CT molecular complexity index is 1270. The van der Waals surface area contributed by atoms with Gasteiger partial charge in [-0.25, -0.2) is 4.98 Å². The predicted molar refractivity (Wildman–Crippen MR) is 127 cm³/mol. The van der Waals surface area contributed by atoms with Crippen LogP contribution < -0.4 is 10.3 Å². The lowest BCUT2D eigenvalue weighted by Gasteiger charge is -2.12. The Labute approximate surface area is 182 Å². The highest BCUT2D eigenvalue weighted by molar-refractivity contribution is 14.1. The molecule has 4 aromatic rings. The summed E-state index contributed by atoms with van der Waals surface area (Å²) < 4.78 is 7.89. The molecule has 1 aromatic heterocycles. The molecule has 0 saturated carbocycles. The molecule has 0 unspecified atom stereocenters. The number of hydrogen-bond donors (Lipinski definition) is 0. The van der Waals surface area contributed by atoms with Gasteiger partial charge in [-0.2, -0.15) is 0 Å². The Morgan fingerprint density at radius 1 is 1.00 bits per heavy atom. The molecular weight excluding hydrogens is 475 g/mol. The molecular formula is C24H19IN2O2. The SMILES string of the molecule is COc1ccc(C=Cc2nc3ccc(I)cc3c(=O)n2-c2cccc(C)c2)cc1. The summed E-state index contributed by atoms with van der Waals surface area (Å²) in [5.41, 5.74) is 3.50. The summed E-state index contributed by atoms with van der Waals surface area (Å²) in [6, 6.07) is 21.4. The van der Waals surface area contributed by atoms with E-state index in [0.29, 0.717) is 16.7 Å². The van der Waals surface area contributed by atoms with E-state index in [9.17, 15) is 4.79 Å². The highest BCUT2D eigenvalue weighted by Crippen LogP contribution is 2.19. The van der Waals surface area contributed by atoms with Crippen molar-refractivity contribution in [2.75, 3.05) is 7.11 Å². The van der Waals surface area contributed by atoms with Gasteiger partial charge in [-0.3, -0.25) is 9.36 Å². The number of fused-ring (bicyclic) bond motifs is 1. The number of halogens is 1. The predicted octanol–water partition coefficient (Wildman–Crippen LogP) is 5.48. The van der Waals surface area contributed by atoms with Crippen molar-refractivity contribution in [1.29, 1.82) is 0 Å². The number of nitrogens with zero attached hydrogens (tertiary/aromatic N) is 2. The van der Waals surface area contributed by atoms with Gasteiger partial charge in [0.05, 0.1) is 23.7 Å². The van der Waals surface area contributed by atoms with E-state index in [0.717, 1.165) is 26.1 Å². The van der Waals surface area contributed by atoms with Crippen LogP contribution in [0.3, 0.4) is 0 Å². The van der Waals surface area contributed by atoms with E-state index >= 15 is 0 Å². The fourth-order valence-electron chi connectivity index (χ4n) is 3.19. The lowest BCUT2D eigenvalue weighted by atomic mass is 10.1. The number of rotatable bonds is 4. The summed E-state index contributed by atoms with van der Waals surface area (Å²) in [4.78, 5) is 18.2. The number of methoxy groups -OCH3 is 1. The number of aromatic nitrogens is 2. The lowest BCUT2D eigenvalue weighted by Crippen LogP contribution is -2.22. The molecule has 144 valence electrons. The van der Waals surface area contributed by atoms with Gasteiger partial charge in [0.15, 0.2) is 0 Å². The van der Waals surface area contributed by atoms with Gasteiger partial charge in [0, 0.05) is 3.57 Å². The largest absolute Gasteiger partial charge is 0.497 e. The highest BCUT2D eigenvalue weighted by Gasteiger charge is 2.12. The van der Waals surface area contributed by atoms with Crippen LogP contribution in [0.5, 0.6) is 5.75 Å². The normalized spacial score (nSPS) is 11.3. The van der Waals surface area contributed by atoms with Crippen molar-refractivity contribution in [2.45, 2.75) is 6.92 Å². The van der Waals surface area contributed by atoms with Crippen LogP contribution in [-0.2, 0) is 0 Å². The maximum absolute atomic E-state index is 13.4. The molecule has 0 saturated heterocycles. The first-order valence-electron chi connectivity index (χ1n) is 9.16. The van der Waals surface area contributed by atoms with E-state index in [1.807, 2.05) is 85.8 Å². The molecule has 1 heterocycles. The summed E-state index contributed by atoms with van der Waals surface area (Å²) in [5.74, 6) is 1.39. The van der Waals surface area contributed by atoms with E-state index in [-0.39, 0.29) is 5.56 Å². The fourth-order valence-corrected chi connectivity index (χ4v) is 3.68. The second-order valence-corrected chi connectivity index (χ2v) is 7.96. The first-order chi connectivity index (χ1) is 14.0. The van der Waals surface area contributed by atoms with Crippen LogP contribution >= 0.6 is 22.6 Å². The van der Waals surface area contributed by atoms with Crippen LogP contribution in [-0.4, -0.2) is 16.7 Å². The highest BCUT2D eigenvalue weighted by atomic mass is 127. The maximum Gasteiger partial charge on any atom is 0.266 e. The van der Waals surface area contributed by atoms with Crippen molar-refractivity contribution >= 4 is 45.6 Å². The summed E-state index contributed by atoms with van der Waals surface area (Å²) >= 11 is 2.21. The quantitative estimate of drug-likeness (QED) is 0.353. The lowest BCUT2D eigenvalue weighted by molar-refractivity contribution is 0.415. The zero-order chi connectivity index (χ0) is 20.4. The minimum atomic E-state index is -0.0755. The molecule has 3 aromatic carbocycles. The maximum atomic E-state index is 13.4. The topological polar surface area (TPSA) is 44.1 Å². The molecule has 0 spiro atoms. The summed E-state index contributed by atoms with van der Waals surface area (Å²) in [7, 11) is 1.64. The fraction of sp³-hybridized carbons (Fsp3) is 0.0833. The van der Waals surface area contributed by atoms with Crippen LogP contribution in [0.1, 0.15) is 17.0 Å². The van der Waals surface area contributed by atoms with Crippen LogP contribution in [0.25, 0.3) is 28.7 Å². The van der Waals surface area contributed by atoms with Crippen LogP contribution in [0.4, 0.5) is 0 Å². The monoisotopic (exact) mass is 494 g/mol. The molecule has 0 amide bonds. The van der Waals surface area contributed by atoms with Crippen molar-refractivity contribution < 1.29 is 4.74 Å². The number of benzene rings is 3. The van der Waals surface area contributed by atoms with Gasteiger partial charge in [-0.1, -0.05) is 30.3 Å². The van der Waals surface area contributed by atoms with Gasteiger partial charge >= 0.3 is 0 Å². The van der Waals surface area contributed by atoms with Crippen molar-refractivity contribution in [3.05, 3.63) is 97.6 Å². The molecule has 4 nitrogen and oxygen atoms in total. The molecule has 0 N–H and O–H groups in total. The molecule has 4 rings (SSSR count). The molecule has 0 radical (unpaired) electrons. The standard InChI is InChI=1S/C24H19IN2O2/c1-16-4-3-5-19(14-16)27-23(13-8-17-6-10-20(29-2)11-7-17)26-22-12-9-18(25)15-21(22)24(27)28/h3-15H,1-2H3. The van der Waals surface area contributed by atoms with E-state index in [4.69, 9.17) is 9.72 Å². The molecule has 0 aliphatic rings. The number of ether oxygens (including phenoxy) is 1. The van der Waals surface area contributed by atoms with Crippen molar-refractivity contribution in [1.82, 2.24) is 9.55 Å². The van der Waals surface area contributed by atoms with Crippen molar-refractivity contribution in [3.8, 4) is 11.4 Å². The van der Waals surface area contributed by atoms with E-state index in [1.165, 1.54) is 0 Å². The molecule has 29 heavy (non-hydrogen) atoms. The Kier molecular flexibility index (Phi) is 5.49. The van der Waals surface area contributed by atoms with E-state index < -0.39 is 0 Å². The smallest absolute Gasteiger partial charge is 0.266 e. The Morgan fingerprint density at radius 3 is 2.52 bits per heavy atom. The molecule has 0 atom stereocenters. The van der Waals surface area contributed by atoms with Gasteiger partial charge in [-0.05, 0) is 89.2 Å². The van der Waals surface area contributed by atoms with Crippen molar-refractivity contribution in [3.63, 3.8) is 0 Å². The molecule has 0 bridgehead atoms. The molecule has 5 heteroatoms. The van der Waals surface area contributed by atoms with Crippen LogP contribution in [0, 0.1) is 10.5 Å². The summed E-state index contributed by atoms with van der Waals surface area (Å²) in [5, 5.41) is 0.611. The Balaban J connectivity index is 1.91. The minimum absolute atomic E-state index is 0.0755. The second-order valence-electron chi connectivity index (χ2n) is 6.72. The van der Waals surface area contributed by atoms with Gasteiger partial charge < -0.3 is 4.74 Å². The third kappa shape index (κ3) is 4.10. The van der Waals surface area contributed by atoms with E-state index in [2.05, 4.69) is 22.6 Å². The van der Waals surface area contributed by atoms with Crippen LogP contribution in [0.15, 0.2) is 71.5 Å². The number of aryl methyl sites for hydroxylation is 1. The second kappa shape index (κ2) is 8.21. The summed E-state index contributed by atoms with van der Waals surface area (Å²) in [6.45, 7) is 2.01. The first kappa shape index (κ1) is 19.4. The van der Waals surface area contributed by atoms with Gasteiger partial charge in [0.2, 0.25) is 0 Å². The molecule has 0 fully saturated rings. The minimum Gasteiger partial charge on any atom is -0.497 e. The molecule has 0 aliphatic heterocycles. The Hall–Kier alpha value is -2.93. The Morgan fingerprint density at radius 2 is 1.79 bits per heavy atom. The van der Waals surface area contributed by atoms with Gasteiger partial charge in [0.25, 0.3) is 5.56 Å².